The molecule has 0 spiro atoms. The van der Waals surface area contributed by atoms with E-state index in [0.717, 1.165) is 25.9 Å². The Labute approximate surface area is 169 Å². The predicted molar refractivity (Wildman–Crippen MR) is 101 cm³/mol. The fourth-order valence-electron chi connectivity index (χ4n) is 2.82. The molecule has 0 fully saturated rings. The summed E-state index contributed by atoms with van der Waals surface area (Å²) in [5, 5.41) is 2.29. The van der Waals surface area contributed by atoms with Gasteiger partial charge in [-0.3, -0.25) is 4.79 Å². The van der Waals surface area contributed by atoms with Gasteiger partial charge in [0, 0.05) is 18.7 Å². The van der Waals surface area contributed by atoms with Crippen LogP contribution in [-0.4, -0.2) is 24.0 Å². The van der Waals surface area contributed by atoms with Gasteiger partial charge in [0.25, 0.3) is 5.91 Å². The molecule has 4 nitrogen and oxygen atoms in total. The largest absolute Gasteiger partial charge is 0.416 e. The maximum absolute atomic E-state index is 13.0. The minimum Gasteiger partial charge on any atom is -0.357 e. The molecule has 0 saturated carbocycles. The fraction of sp³-hybridized carbons (Fsp3) is 0.400. The Balaban J connectivity index is 2.27. The molecule has 1 heterocycles. The number of halogens is 6. The summed E-state index contributed by atoms with van der Waals surface area (Å²) < 4.78 is 77.7. The summed E-state index contributed by atoms with van der Waals surface area (Å²) in [6, 6.07) is 3.88. The third-order valence-corrected chi connectivity index (χ3v) is 4.17. The maximum atomic E-state index is 13.0. The van der Waals surface area contributed by atoms with Crippen molar-refractivity contribution < 1.29 is 31.1 Å². The molecule has 1 aromatic carbocycles. The van der Waals surface area contributed by atoms with Gasteiger partial charge in [-0.2, -0.15) is 26.3 Å². The van der Waals surface area contributed by atoms with Gasteiger partial charge < -0.3 is 10.2 Å². The average molecular weight is 433 g/mol. The summed E-state index contributed by atoms with van der Waals surface area (Å²) in [6.45, 7) is 5.58. The zero-order valence-electron chi connectivity index (χ0n) is 16.4. The molecule has 0 radical (unpaired) electrons. The molecule has 1 aromatic heterocycles. The predicted octanol–water partition coefficient (Wildman–Crippen LogP) is 6.00. The Morgan fingerprint density at radius 2 is 1.47 bits per heavy atom. The number of benzene rings is 1. The molecule has 0 saturated heterocycles. The Hall–Kier alpha value is -2.78. The maximum Gasteiger partial charge on any atom is 0.416 e. The second kappa shape index (κ2) is 9.36. The molecule has 164 valence electrons. The number of carbonyl (C=O) groups is 1. The van der Waals surface area contributed by atoms with Crippen LogP contribution < -0.4 is 10.2 Å². The summed E-state index contributed by atoms with van der Waals surface area (Å²) in [5.74, 6) is -0.435. The number of nitrogens with zero attached hydrogens (tertiary/aromatic N) is 2. The van der Waals surface area contributed by atoms with Gasteiger partial charge in [-0.1, -0.05) is 13.8 Å². The van der Waals surface area contributed by atoms with Crippen molar-refractivity contribution in [2.24, 2.45) is 0 Å². The number of hydrogen-bond donors (Lipinski definition) is 1. The lowest BCUT2D eigenvalue weighted by Gasteiger charge is -2.22. The number of rotatable bonds is 7. The molecule has 1 amide bonds. The number of aromatic nitrogens is 1. The molecule has 0 aliphatic carbocycles. The van der Waals surface area contributed by atoms with Crippen molar-refractivity contribution in [3.63, 3.8) is 0 Å². The van der Waals surface area contributed by atoms with E-state index < -0.39 is 35.0 Å². The first kappa shape index (κ1) is 23.5. The van der Waals surface area contributed by atoms with Crippen molar-refractivity contribution in [3.8, 4) is 0 Å². The van der Waals surface area contributed by atoms with E-state index in [4.69, 9.17) is 0 Å². The average Bonchev–Trinajstić information content (AvgIpc) is 2.67. The zero-order valence-corrected chi connectivity index (χ0v) is 16.4. The summed E-state index contributed by atoms with van der Waals surface area (Å²) in [4.78, 5) is 18.6. The van der Waals surface area contributed by atoms with Crippen molar-refractivity contribution in [2.45, 2.75) is 39.0 Å². The number of anilines is 2. The molecule has 2 rings (SSSR count). The van der Waals surface area contributed by atoms with E-state index in [1.165, 1.54) is 12.3 Å². The molecule has 0 aliphatic heterocycles. The van der Waals surface area contributed by atoms with E-state index in [9.17, 15) is 31.1 Å². The van der Waals surface area contributed by atoms with E-state index in [-0.39, 0.29) is 11.8 Å². The third kappa shape index (κ3) is 6.11. The monoisotopic (exact) mass is 433 g/mol. The quantitative estimate of drug-likeness (QED) is 0.545. The van der Waals surface area contributed by atoms with Gasteiger partial charge in [-0.25, -0.2) is 4.98 Å². The van der Waals surface area contributed by atoms with Crippen LogP contribution in [0.4, 0.5) is 37.8 Å². The summed E-state index contributed by atoms with van der Waals surface area (Å²) in [7, 11) is 0. The highest BCUT2D eigenvalue weighted by molar-refractivity contribution is 6.04. The van der Waals surface area contributed by atoms with Gasteiger partial charge >= 0.3 is 12.4 Å². The molecular formula is C20H21F6N3O. The Morgan fingerprint density at radius 3 is 1.87 bits per heavy atom. The highest BCUT2D eigenvalue weighted by atomic mass is 19.4. The number of amides is 1. The summed E-state index contributed by atoms with van der Waals surface area (Å²) >= 11 is 0. The topological polar surface area (TPSA) is 45.2 Å². The first-order valence-electron chi connectivity index (χ1n) is 9.27. The standard InChI is InChI=1S/C20H21F6N3O/c1-3-7-29(8-4-2)17-6-5-16(12-27-17)28-18(30)13-9-14(19(21,22)23)11-15(10-13)20(24,25)26/h5-6,9-12H,3-4,7-8H2,1-2H3,(H,28,30). The molecule has 0 unspecified atom stereocenters. The second-order valence-electron chi connectivity index (χ2n) is 6.64. The van der Waals surface area contributed by atoms with Crippen molar-refractivity contribution >= 4 is 17.4 Å². The van der Waals surface area contributed by atoms with Gasteiger partial charge in [0.15, 0.2) is 0 Å². The SMILES string of the molecule is CCCN(CCC)c1ccc(NC(=O)c2cc(C(F)(F)F)cc(C(F)(F)F)c2)cn1. The van der Waals surface area contributed by atoms with Crippen LogP contribution in [-0.2, 0) is 12.4 Å². The molecule has 0 aliphatic rings. The van der Waals surface area contributed by atoms with Crippen LogP contribution in [0.25, 0.3) is 0 Å². The van der Waals surface area contributed by atoms with Crippen LogP contribution in [0.5, 0.6) is 0 Å². The van der Waals surface area contributed by atoms with Crippen LogP contribution in [0.1, 0.15) is 48.2 Å². The smallest absolute Gasteiger partial charge is 0.357 e. The lowest BCUT2D eigenvalue weighted by Crippen LogP contribution is -2.25. The number of nitrogens with one attached hydrogen (secondary N) is 1. The number of alkyl halides is 6. The number of hydrogen-bond acceptors (Lipinski definition) is 3. The van der Waals surface area contributed by atoms with E-state index in [1.54, 1.807) is 6.07 Å². The van der Waals surface area contributed by atoms with Crippen molar-refractivity contribution in [3.05, 3.63) is 53.2 Å². The first-order valence-corrected chi connectivity index (χ1v) is 9.27. The lowest BCUT2D eigenvalue weighted by molar-refractivity contribution is -0.143. The Kier molecular flexibility index (Phi) is 7.33. The first-order chi connectivity index (χ1) is 14.0. The van der Waals surface area contributed by atoms with E-state index in [1.807, 2.05) is 18.7 Å². The van der Waals surface area contributed by atoms with Gasteiger partial charge in [0.05, 0.1) is 23.0 Å². The van der Waals surface area contributed by atoms with Crippen molar-refractivity contribution in [2.75, 3.05) is 23.3 Å². The van der Waals surface area contributed by atoms with Crippen molar-refractivity contribution in [1.29, 1.82) is 0 Å². The van der Waals surface area contributed by atoms with E-state index >= 15 is 0 Å². The Morgan fingerprint density at radius 1 is 0.933 bits per heavy atom. The molecule has 0 atom stereocenters. The van der Waals surface area contributed by atoms with Crippen molar-refractivity contribution in [1.82, 2.24) is 4.98 Å². The minimum atomic E-state index is -5.03. The van der Waals surface area contributed by atoms with Gasteiger partial charge in [-0.15, -0.1) is 0 Å². The lowest BCUT2D eigenvalue weighted by atomic mass is 10.0. The molecule has 10 heteroatoms. The number of pyridine rings is 1. The summed E-state index contributed by atoms with van der Waals surface area (Å²) in [5.41, 5.74) is -3.70. The van der Waals surface area contributed by atoms with Gasteiger partial charge in [-0.05, 0) is 43.2 Å². The van der Waals surface area contributed by atoms with Crippen LogP contribution in [0.2, 0.25) is 0 Å². The molecule has 30 heavy (non-hydrogen) atoms. The van der Waals surface area contributed by atoms with E-state index in [0.29, 0.717) is 18.0 Å². The third-order valence-electron chi connectivity index (χ3n) is 4.17. The normalized spacial score (nSPS) is 12.0. The zero-order chi connectivity index (χ0) is 22.5. The number of carbonyl (C=O) groups excluding carboxylic acids is 1. The molecule has 1 N–H and O–H groups in total. The summed E-state index contributed by atoms with van der Waals surface area (Å²) in [6.07, 6.45) is -6.94. The van der Waals surface area contributed by atoms with Crippen LogP contribution in [0.15, 0.2) is 36.5 Å². The second-order valence-corrected chi connectivity index (χ2v) is 6.64. The molecular weight excluding hydrogens is 412 g/mol. The fourth-order valence-corrected chi connectivity index (χ4v) is 2.82. The van der Waals surface area contributed by atoms with E-state index in [2.05, 4.69) is 10.3 Å². The molecule has 0 bridgehead atoms. The van der Waals surface area contributed by atoms with Gasteiger partial charge in [0.2, 0.25) is 0 Å². The minimum absolute atomic E-state index is 0.0246. The van der Waals surface area contributed by atoms with Crippen LogP contribution >= 0.6 is 0 Å². The van der Waals surface area contributed by atoms with Crippen LogP contribution in [0.3, 0.4) is 0 Å². The Bertz CT molecular complexity index is 824. The van der Waals surface area contributed by atoms with Crippen LogP contribution in [0, 0.1) is 0 Å². The highest BCUT2D eigenvalue weighted by Gasteiger charge is 2.37. The molecule has 2 aromatic rings. The van der Waals surface area contributed by atoms with Gasteiger partial charge in [0.1, 0.15) is 5.82 Å². The highest BCUT2D eigenvalue weighted by Crippen LogP contribution is 2.36.